The van der Waals surface area contributed by atoms with Gasteiger partial charge in [0.25, 0.3) is 0 Å². The minimum Gasteiger partial charge on any atom is -0.462 e. The molecular formula is C74H138O6. The van der Waals surface area contributed by atoms with Crippen molar-refractivity contribution in [3.05, 3.63) is 36.5 Å². The molecule has 0 N–H and O–H groups in total. The first-order valence-corrected chi connectivity index (χ1v) is 36.0. The number of hydrogen-bond acceptors (Lipinski definition) is 6. The highest BCUT2D eigenvalue weighted by atomic mass is 16.6. The van der Waals surface area contributed by atoms with Gasteiger partial charge < -0.3 is 14.2 Å². The van der Waals surface area contributed by atoms with Gasteiger partial charge in [-0.2, -0.15) is 0 Å². The predicted molar refractivity (Wildman–Crippen MR) is 349 cm³/mol. The third-order valence-corrected chi connectivity index (χ3v) is 16.4. The maximum Gasteiger partial charge on any atom is 0.306 e. The SMILES string of the molecule is CCCCCCC/C=C\C/C=C\CCCCCCCCCCCC(=O)OC(COC(=O)CCCCCCCCC/C=C\CCCCCCCC)COC(=O)CCCCCCCCCCCCCCCCCCCCCCCCCC. The molecule has 0 rings (SSSR count). The van der Waals surface area contributed by atoms with Crippen molar-refractivity contribution in [1.82, 2.24) is 0 Å². The van der Waals surface area contributed by atoms with E-state index in [1.165, 1.54) is 295 Å². The van der Waals surface area contributed by atoms with Gasteiger partial charge in [-0.15, -0.1) is 0 Å². The minimum absolute atomic E-state index is 0.0703. The van der Waals surface area contributed by atoms with Crippen molar-refractivity contribution in [3.8, 4) is 0 Å². The first-order chi connectivity index (χ1) is 39.5. The van der Waals surface area contributed by atoms with Gasteiger partial charge in [0.05, 0.1) is 0 Å². The summed E-state index contributed by atoms with van der Waals surface area (Å²) in [5.41, 5.74) is 0. The van der Waals surface area contributed by atoms with Crippen LogP contribution >= 0.6 is 0 Å². The Labute approximate surface area is 499 Å². The highest BCUT2D eigenvalue weighted by molar-refractivity contribution is 5.71. The summed E-state index contributed by atoms with van der Waals surface area (Å²) in [6, 6.07) is 0. The van der Waals surface area contributed by atoms with Crippen molar-refractivity contribution in [3.63, 3.8) is 0 Å². The van der Waals surface area contributed by atoms with Crippen LogP contribution in [0.4, 0.5) is 0 Å². The zero-order chi connectivity index (χ0) is 57.8. The van der Waals surface area contributed by atoms with E-state index in [4.69, 9.17) is 14.2 Å². The fraction of sp³-hybridized carbons (Fsp3) is 0.878. The van der Waals surface area contributed by atoms with Crippen molar-refractivity contribution in [1.29, 1.82) is 0 Å². The quantitative estimate of drug-likeness (QED) is 0.0261. The number of allylic oxidation sites excluding steroid dienone is 6. The molecule has 0 spiro atoms. The van der Waals surface area contributed by atoms with Crippen molar-refractivity contribution in [2.75, 3.05) is 13.2 Å². The van der Waals surface area contributed by atoms with Crippen molar-refractivity contribution in [2.45, 2.75) is 406 Å². The molecule has 0 bridgehead atoms. The molecular weight excluding hydrogens is 985 g/mol. The fourth-order valence-electron chi connectivity index (χ4n) is 10.9. The van der Waals surface area contributed by atoms with Gasteiger partial charge in [-0.1, -0.05) is 340 Å². The van der Waals surface area contributed by atoms with Crippen LogP contribution in [-0.2, 0) is 28.6 Å². The van der Waals surface area contributed by atoms with E-state index in [1.54, 1.807) is 0 Å². The monoisotopic (exact) mass is 1120 g/mol. The Morgan fingerprint density at radius 2 is 0.450 bits per heavy atom. The molecule has 6 nitrogen and oxygen atoms in total. The zero-order valence-electron chi connectivity index (χ0n) is 54.1. The topological polar surface area (TPSA) is 78.9 Å². The van der Waals surface area contributed by atoms with Crippen molar-refractivity contribution in [2.24, 2.45) is 0 Å². The molecule has 0 heterocycles. The molecule has 0 fully saturated rings. The van der Waals surface area contributed by atoms with E-state index >= 15 is 0 Å². The Bertz CT molecular complexity index is 1340. The van der Waals surface area contributed by atoms with Crippen molar-refractivity contribution >= 4 is 17.9 Å². The average molecular weight is 1120 g/mol. The molecule has 0 amide bonds. The Morgan fingerprint density at radius 3 is 0.700 bits per heavy atom. The van der Waals surface area contributed by atoms with E-state index < -0.39 is 6.10 Å². The van der Waals surface area contributed by atoms with Crippen LogP contribution < -0.4 is 0 Å². The number of ether oxygens (including phenoxy) is 3. The summed E-state index contributed by atoms with van der Waals surface area (Å²) in [7, 11) is 0. The molecule has 0 saturated carbocycles. The second-order valence-corrected chi connectivity index (χ2v) is 24.5. The smallest absolute Gasteiger partial charge is 0.306 e. The highest BCUT2D eigenvalue weighted by Gasteiger charge is 2.19. The molecule has 0 aliphatic rings. The van der Waals surface area contributed by atoms with Crippen molar-refractivity contribution < 1.29 is 28.6 Å². The summed E-state index contributed by atoms with van der Waals surface area (Å²) in [5, 5.41) is 0. The molecule has 470 valence electrons. The Kier molecular flexibility index (Phi) is 67.1. The second kappa shape index (κ2) is 69.1. The Hall–Kier alpha value is -2.37. The second-order valence-electron chi connectivity index (χ2n) is 24.5. The van der Waals surface area contributed by atoms with Gasteiger partial charge in [0.2, 0.25) is 0 Å². The molecule has 0 radical (unpaired) electrons. The largest absolute Gasteiger partial charge is 0.462 e. The summed E-state index contributed by atoms with van der Waals surface area (Å²) in [4.78, 5) is 38.5. The molecule has 0 aromatic rings. The van der Waals surface area contributed by atoms with Gasteiger partial charge >= 0.3 is 17.9 Å². The lowest BCUT2D eigenvalue weighted by Crippen LogP contribution is -2.30. The van der Waals surface area contributed by atoms with Crippen LogP contribution in [0.2, 0.25) is 0 Å². The third kappa shape index (κ3) is 66.4. The molecule has 0 aromatic heterocycles. The summed E-state index contributed by atoms with van der Waals surface area (Å²) in [6.07, 6.45) is 86.0. The summed E-state index contributed by atoms with van der Waals surface area (Å²) in [5.74, 6) is -0.849. The first-order valence-electron chi connectivity index (χ1n) is 36.0. The number of hydrogen-bond donors (Lipinski definition) is 0. The number of unbranched alkanes of at least 4 members (excludes halogenated alkanes) is 50. The van der Waals surface area contributed by atoms with Gasteiger partial charge in [-0.3, -0.25) is 14.4 Å². The lowest BCUT2D eigenvalue weighted by atomic mass is 10.0. The van der Waals surface area contributed by atoms with Crippen LogP contribution in [0.25, 0.3) is 0 Å². The average Bonchev–Trinajstić information content (AvgIpc) is 3.46. The van der Waals surface area contributed by atoms with Crippen LogP contribution in [0.15, 0.2) is 36.5 Å². The molecule has 80 heavy (non-hydrogen) atoms. The number of esters is 3. The molecule has 0 saturated heterocycles. The van der Waals surface area contributed by atoms with E-state index in [9.17, 15) is 14.4 Å². The fourth-order valence-corrected chi connectivity index (χ4v) is 10.9. The van der Waals surface area contributed by atoms with Gasteiger partial charge in [-0.05, 0) is 77.0 Å². The minimum atomic E-state index is -0.776. The lowest BCUT2D eigenvalue weighted by Gasteiger charge is -2.18. The zero-order valence-corrected chi connectivity index (χ0v) is 54.1. The molecule has 6 heteroatoms. The van der Waals surface area contributed by atoms with Crippen LogP contribution in [0, 0.1) is 0 Å². The number of carbonyl (C=O) groups excluding carboxylic acids is 3. The molecule has 0 aliphatic carbocycles. The lowest BCUT2D eigenvalue weighted by molar-refractivity contribution is -0.167. The van der Waals surface area contributed by atoms with E-state index in [0.717, 1.165) is 64.2 Å². The van der Waals surface area contributed by atoms with Gasteiger partial charge in [-0.25, -0.2) is 0 Å². The molecule has 0 aromatic carbocycles. The van der Waals surface area contributed by atoms with E-state index in [-0.39, 0.29) is 31.1 Å². The van der Waals surface area contributed by atoms with E-state index in [1.807, 2.05) is 0 Å². The van der Waals surface area contributed by atoms with E-state index in [0.29, 0.717) is 19.3 Å². The molecule has 1 atom stereocenters. The Balaban J connectivity index is 4.30. The van der Waals surface area contributed by atoms with Gasteiger partial charge in [0, 0.05) is 19.3 Å². The van der Waals surface area contributed by atoms with Crippen LogP contribution in [-0.4, -0.2) is 37.2 Å². The maximum absolute atomic E-state index is 13.0. The summed E-state index contributed by atoms with van der Waals surface area (Å²) in [6.45, 7) is 6.70. The summed E-state index contributed by atoms with van der Waals surface area (Å²) >= 11 is 0. The standard InChI is InChI=1S/C74H138O6/c1-4-7-10-13-16-19-22-25-28-31-33-35-36-37-39-40-43-46-49-52-55-58-61-64-67-73(76)79-70-71(69-78-72(75)66-63-60-57-54-51-48-45-42-30-27-24-21-18-15-12-9-6-3)80-74(77)68-65-62-59-56-53-50-47-44-41-38-34-32-29-26-23-20-17-14-11-8-5-2/h23,26-27,30,32,34,71H,4-22,24-25,28-29,31,33,35-70H2,1-3H3/b26-23-,30-27-,34-32-. The molecule has 1 unspecified atom stereocenters. The van der Waals surface area contributed by atoms with Crippen LogP contribution in [0.3, 0.4) is 0 Å². The predicted octanol–water partition coefficient (Wildman–Crippen LogP) is 24.7. The van der Waals surface area contributed by atoms with E-state index in [2.05, 4.69) is 57.2 Å². The Morgan fingerprint density at radius 1 is 0.250 bits per heavy atom. The van der Waals surface area contributed by atoms with Crippen LogP contribution in [0.5, 0.6) is 0 Å². The third-order valence-electron chi connectivity index (χ3n) is 16.4. The number of carbonyl (C=O) groups is 3. The normalized spacial score (nSPS) is 12.2. The van der Waals surface area contributed by atoms with Crippen LogP contribution in [0.1, 0.15) is 400 Å². The highest BCUT2D eigenvalue weighted by Crippen LogP contribution is 2.18. The van der Waals surface area contributed by atoms with Gasteiger partial charge in [0.1, 0.15) is 13.2 Å². The molecule has 0 aliphatic heterocycles. The number of rotatable bonds is 67. The maximum atomic E-state index is 13.0. The first kappa shape index (κ1) is 77.6. The van der Waals surface area contributed by atoms with Gasteiger partial charge in [0.15, 0.2) is 6.10 Å². The summed E-state index contributed by atoms with van der Waals surface area (Å²) < 4.78 is 17.0.